The van der Waals surface area contributed by atoms with Crippen LogP contribution in [0.3, 0.4) is 0 Å². The molecule has 6 nitrogen and oxygen atoms in total. The third kappa shape index (κ3) is 3.91. The van der Waals surface area contributed by atoms with Gasteiger partial charge in [-0.1, -0.05) is 54.3 Å². The molecule has 1 fully saturated rings. The maximum absolute atomic E-state index is 13.0. The average Bonchev–Trinajstić information content (AvgIpc) is 3.31. The largest absolute Gasteiger partial charge is 0.416 e. The van der Waals surface area contributed by atoms with Crippen LogP contribution in [0.1, 0.15) is 11.1 Å². The van der Waals surface area contributed by atoms with Crippen molar-refractivity contribution in [1.82, 2.24) is 20.6 Å². The Kier molecular flexibility index (Phi) is 4.92. The molecule has 146 valence electrons. The van der Waals surface area contributed by atoms with Gasteiger partial charge in [0.1, 0.15) is 0 Å². The molecule has 3 aromatic rings. The zero-order valence-electron chi connectivity index (χ0n) is 14.3. The third-order valence-electron chi connectivity index (χ3n) is 4.05. The highest BCUT2D eigenvalue weighted by atomic mass is 32.2. The van der Waals surface area contributed by atoms with Crippen molar-refractivity contribution in [2.75, 3.05) is 4.90 Å². The molecule has 1 N–H and O–H groups in total. The summed E-state index contributed by atoms with van der Waals surface area (Å²) in [5.41, 5.74) is 0.735. The van der Waals surface area contributed by atoms with E-state index in [4.69, 9.17) is 12.2 Å². The molecule has 29 heavy (non-hydrogen) atoms. The van der Waals surface area contributed by atoms with E-state index < -0.39 is 17.6 Å². The molecular formula is C18H10F3N5OS2. The first-order valence-corrected chi connectivity index (χ1v) is 9.35. The Morgan fingerprint density at radius 1 is 1.14 bits per heavy atom. The first-order chi connectivity index (χ1) is 13.8. The van der Waals surface area contributed by atoms with Gasteiger partial charge in [0.15, 0.2) is 10.1 Å². The highest BCUT2D eigenvalue weighted by molar-refractivity contribution is 8.27. The zero-order chi connectivity index (χ0) is 20.6. The molecule has 2 aromatic carbocycles. The van der Waals surface area contributed by atoms with E-state index in [0.29, 0.717) is 10.7 Å². The number of aromatic nitrogens is 4. The number of tetrazole rings is 1. The predicted octanol–water partition coefficient (Wildman–Crippen LogP) is 4.29. The molecule has 1 aliphatic rings. The van der Waals surface area contributed by atoms with Gasteiger partial charge in [0, 0.05) is 5.56 Å². The van der Waals surface area contributed by atoms with E-state index in [2.05, 4.69) is 20.6 Å². The molecule has 1 saturated heterocycles. The number of thioether (sulfide) groups is 1. The fourth-order valence-corrected chi connectivity index (χ4v) is 3.98. The molecule has 11 heteroatoms. The SMILES string of the molecule is O=C1C(=Cc2ccc(-c3nnn[nH]3)cc2)SC(=S)N1c1cccc(C(F)(F)F)c1. The van der Waals surface area contributed by atoms with Crippen LogP contribution in [0.4, 0.5) is 18.9 Å². The zero-order valence-corrected chi connectivity index (χ0v) is 16.0. The summed E-state index contributed by atoms with van der Waals surface area (Å²) in [6.07, 6.45) is -2.87. The van der Waals surface area contributed by atoms with Gasteiger partial charge >= 0.3 is 6.18 Å². The van der Waals surface area contributed by atoms with E-state index in [1.54, 1.807) is 30.3 Å². The van der Waals surface area contributed by atoms with Gasteiger partial charge in [-0.25, -0.2) is 5.10 Å². The number of benzene rings is 2. The second kappa shape index (κ2) is 7.41. The quantitative estimate of drug-likeness (QED) is 0.491. The molecular weight excluding hydrogens is 423 g/mol. The number of nitrogens with one attached hydrogen (secondary N) is 1. The van der Waals surface area contributed by atoms with E-state index in [0.717, 1.165) is 39.9 Å². The molecule has 0 bridgehead atoms. The number of nitrogens with zero attached hydrogens (tertiary/aromatic N) is 4. The average molecular weight is 433 g/mol. The van der Waals surface area contributed by atoms with Crippen LogP contribution in [0.2, 0.25) is 0 Å². The maximum Gasteiger partial charge on any atom is 0.416 e. The summed E-state index contributed by atoms with van der Waals surface area (Å²) in [5, 5.41) is 13.5. The Balaban J connectivity index is 1.60. The van der Waals surface area contributed by atoms with Crippen LogP contribution in [0.5, 0.6) is 0 Å². The van der Waals surface area contributed by atoms with Crippen molar-refractivity contribution < 1.29 is 18.0 Å². The molecule has 0 saturated carbocycles. The van der Waals surface area contributed by atoms with Gasteiger partial charge in [-0.2, -0.15) is 13.2 Å². The van der Waals surface area contributed by atoms with Crippen LogP contribution in [-0.4, -0.2) is 30.9 Å². The molecule has 1 aliphatic heterocycles. The predicted molar refractivity (Wildman–Crippen MR) is 107 cm³/mol. The van der Waals surface area contributed by atoms with Crippen molar-refractivity contribution in [1.29, 1.82) is 0 Å². The minimum Gasteiger partial charge on any atom is -0.268 e. The topological polar surface area (TPSA) is 74.8 Å². The molecule has 4 rings (SSSR count). The lowest BCUT2D eigenvalue weighted by Gasteiger charge is -2.16. The Morgan fingerprint density at radius 2 is 1.90 bits per heavy atom. The van der Waals surface area contributed by atoms with Crippen molar-refractivity contribution in [3.05, 3.63) is 64.6 Å². The monoisotopic (exact) mass is 433 g/mol. The van der Waals surface area contributed by atoms with E-state index in [1.807, 2.05) is 0 Å². The molecule has 0 radical (unpaired) electrons. The number of aromatic amines is 1. The lowest BCUT2D eigenvalue weighted by Crippen LogP contribution is -2.27. The maximum atomic E-state index is 13.0. The van der Waals surface area contributed by atoms with Gasteiger partial charge in [0.25, 0.3) is 5.91 Å². The molecule has 0 unspecified atom stereocenters. The van der Waals surface area contributed by atoms with Gasteiger partial charge in [-0.15, -0.1) is 5.10 Å². The summed E-state index contributed by atoms with van der Waals surface area (Å²) in [6, 6.07) is 11.6. The van der Waals surface area contributed by atoms with Crippen molar-refractivity contribution in [3.63, 3.8) is 0 Å². The second-order valence-corrected chi connectivity index (χ2v) is 7.61. The number of carbonyl (C=O) groups excluding carboxylic acids is 1. The minimum atomic E-state index is -4.51. The van der Waals surface area contributed by atoms with Gasteiger partial charge in [0.2, 0.25) is 0 Å². The van der Waals surface area contributed by atoms with Gasteiger partial charge < -0.3 is 0 Å². The van der Waals surface area contributed by atoms with E-state index in [-0.39, 0.29) is 10.0 Å². The van der Waals surface area contributed by atoms with E-state index in [1.165, 1.54) is 12.1 Å². The summed E-state index contributed by atoms with van der Waals surface area (Å²) in [5.74, 6) is 0.0373. The number of H-pyrrole nitrogens is 1. The summed E-state index contributed by atoms with van der Waals surface area (Å²) < 4.78 is 39.1. The van der Waals surface area contributed by atoms with Crippen LogP contribution < -0.4 is 4.90 Å². The van der Waals surface area contributed by atoms with Crippen molar-refractivity contribution in [2.24, 2.45) is 0 Å². The van der Waals surface area contributed by atoms with Crippen molar-refractivity contribution in [2.45, 2.75) is 6.18 Å². The third-order valence-corrected chi connectivity index (χ3v) is 5.35. The van der Waals surface area contributed by atoms with Crippen molar-refractivity contribution in [3.8, 4) is 11.4 Å². The molecule has 2 heterocycles. The Bertz CT molecular complexity index is 1110. The number of anilines is 1. The molecule has 1 amide bonds. The standard InChI is InChI=1S/C18H10F3N5OS2/c19-18(20,21)12-2-1-3-13(9-12)26-16(27)14(29-17(26)28)8-10-4-6-11(7-5-10)15-22-24-25-23-15/h1-9H,(H,22,23,24,25). The molecule has 0 spiro atoms. The van der Waals surface area contributed by atoms with Crippen molar-refractivity contribution >= 4 is 46.0 Å². The van der Waals surface area contributed by atoms with E-state index >= 15 is 0 Å². The number of alkyl halides is 3. The van der Waals surface area contributed by atoms with Gasteiger partial charge in [0.05, 0.1) is 16.2 Å². The lowest BCUT2D eigenvalue weighted by atomic mass is 10.1. The second-order valence-electron chi connectivity index (χ2n) is 5.94. The molecule has 0 aliphatic carbocycles. The number of hydrogen-bond donors (Lipinski definition) is 1. The first-order valence-electron chi connectivity index (χ1n) is 8.12. The fourth-order valence-electron chi connectivity index (χ4n) is 2.68. The highest BCUT2D eigenvalue weighted by Crippen LogP contribution is 2.38. The van der Waals surface area contributed by atoms with E-state index in [9.17, 15) is 18.0 Å². The van der Waals surface area contributed by atoms with Crippen LogP contribution in [0.15, 0.2) is 53.4 Å². The summed E-state index contributed by atoms with van der Waals surface area (Å²) in [4.78, 5) is 14.2. The number of carbonyl (C=O) groups is 1. The molecule has 1 aromatic heterocycles. The first kappa shape index (κ1) is 19.3. The number of amides is 1. The van der Waals surface area contributed by atoms with Crippen LogP contribution in [-0.2, 0) is 11.0 Å². The Hall–Kier alpha value is -3.05. The van der Waals surface area contributed by atoms with Gasteiger partial charge in [-0.3, -0.25) is 9.69 Å². The summed E-state index contributed by atoms with van der Waals surface area (Å²) in [7, 11) is 0. The van der Waals surface area contributed by atoms with Gasteiger partial charge in [-0.05, 0) is 40.3 Å². The Morgan fingerprint density at radius 3 is 2.55 bits per heavy atom. The number of thiocarbonyl (C=S) groups is 1. The Labute approximate surface area is 171 Å². The number of rotatable bonds is 3. The fraction of sp³-hybridized carbons (Fsp3) is 0.0556. The van der Waals surface area contributed by atoms with Crippen LogP contribution in [0, 0.1) is 0 Å². The minimum absolute atomic E-state index is 0.0823. The normalized spacial score (nSPS) is 16.1. The summed E-state index contributed by atoms with van der Waals surface area (Å²) >= 11 is 6.26. The smallest absolute Gasteiger partial charge is 0.268 e. The van der Waals surface area contributed by atoms with Crippen LogP contribution in [0.25, 0.3) is 17.5 Å². The number of halogens is 3. The summed E-state index contributed by atoms with van der Waals surface area (Å²) in [6.45, 7) is 0. The molecule has 0 atom stereocenters. The number of hydrogen-bond acceptors (Lipinski definition) is 6. The highest BCUT2D eigenvalue weighted by Gasteiger charge is 2.36. The van der Waals surface area contributed by atoms with Crippen LogP contribution >= 0.6 is 24.0 Å². The lowest BCUT2D eigenvalue weighted by molar-refractivity contribution is -0.137.